The van der Waals surface area contributed by atoms with Crippen LogP contribution >= 0.6 is 0 Å². The molecule has 2 saturated carbocycles. The highest BCUT2D eigenvalue weighted by Gasteiger charge is 2.53. The lowest BCUT2D eigenvalue weighted by Gasteiger charge is -2.58. The summed E-state index contributed by atoms with van der Waals surface area (Å²) in [7, 11) is 0. The molecule has 1 atom stereocenters. The molecule has 1 aromatic carbocycles. The molecular weight excluding hydrogens is 607 g/mol. The second-order valence-corrected chi connectivity index (χ2v) is 15.9. The molecule has 0 amide bonds. The number of likely N-dealkylation sites (tertiary alicyclic amines) is 2. The van der Waals surface area contributed by atoms with Crippen molar-refractivity contribution in [3.63, 3.8) is 0 Å². The second-order valence-electron chi connectivity index (χ2n) is 15.9. The molecule has 0 radical (unpaired) electrons. The normalized spacial score (nSPS) is 27.1. The van der Waals surface area contributed by atoms with Crippen molar-refractivity contribution >= 4 is 5.82 Å². The Kier molecular flexibility index (Phi) is 7.66. The van der Waals surface area contributed by atoms with E-state index in [4.69, 9.17) is 9.47 Å². The highest BCUT2D eigenvalue weighted by atomic mass is 19.1. The van der Waals surface area contributed by atoms with Gasteiger partial charge in [-0.15, -0.1) is 10.2 Å². The summed E-state index contributed by atoms with van der Waals surface area (Å²) in [5.41, 5.74) is 2.85. The van der Waals surface area contributed by atoms with Crippen LogP contribution in [0, 0.1) is 23.1 Å². The Bertz CT molecular complexity index is 1640. The van der Waals surface area contributed by atoms with Crippen molar-refractivity contribution in [2.75, 3.05) is 50.8 Å². The number of rotatable bonds is 9. The van der Waals surface area contributed by atoms with Crippen LogP contribution in [-0.4, -0.2) is 98.5 Å². The number of hydrogen-bond donors (Lipinski definition) is 0. The highest BCUT2D eigenvalue weighted by molar-refractivity contribution is 5.73. The van der Waals surface area contributed by atoms with Gasteiger partial charge in [0.1, 0.15) is 24.2 Å². The third kappa shape index (κ3) is 5.55. The van der Waals surface area contributed by atoms with E-state index in [-0.39, 0.29) is 16.8 Å². The molecule has 4 saturated heterocycles. The SMILES string of the molecule is CC(C)C(C1CC(N2CCC3(CCO3)CC2)C1)N1CC2(CCN(c3ncnnc3Oc3ccc(F)cc3-c3cncnc3C3CC3)C2)C1. The van der Waals surface area contributed by atoms with Gasteiger partial charge in [0.25, 0.3) is 5.88 Å². The van der Waals surface area contributed by atoms with Crippen LogP contribution in [0.4, 0.5) is 10.2 Å². The monoisotopic (exact) mass is 654 g/mol. The van der Waals surface area contributed by atoms with E-state index in [0.717, 1.165) is 75.3 Å². The van der Waals surface area contributed by atoms with E-state index in [1.54, 1.807) is 18.6 Å². The second kappa shape index (κ2) is 11.9. The van der Waals surface area contributed by atoms with Crippen molar-refractivity contribution in [3.8, 4) is 22.8 Å². The minimum absolute atomic E-state index is 0.233. The van der Waals surface area contributed by atoms with E-state index < -0.39 is 0 Å². The van der Waals surface area contributed by atoms with Crippen molar-refractivity contribution in [2.24, 2.45) is 17.3 Å². The van der Waals surface area contributed by atoms with Crippen molar-refractivity contribution in [2.45, 2.75) is 88.8 Å². The van der Waals surface area contributed by atoms with Crippen LogP contribution in [0.1, 0.15) is 76.8 Å². The summed E-state index contributed by atoms with van der Waals surface area (Å²) in [5.74, 6) is 3.01. The molecule has 0 bridgehead atoms. The molecule has 6 aliphatic rings. The van der Waals surface area contributed by atoms with Crippen molar-refractivity contribution in [3.05, 3.63) is 48.6 Å². The van der Waals surface area contributed by atoms with E-state index in [9.17, 15) is 4.39 Å². The Labute approximate surface area is 282 Å². The van der Waals surface area contributed by atoms with Crippen LogP contribution in [0.15, 0.2) is 37.1 Å². The summed E-state index contributed by atoms with van der Waals surface area (Å²) < 4.78 is 27.0. The van der Waals surface area contributed by atoms with Gasteiger partial charge in [-0.05, 0) is 81.4 Å². The molecule has 48 heavy (non-hydrogen) atoms. The van der Waals surface area contributed by atoms with Crippen LogP contribution < -0.4 is 9.64 Å². The van der Waals surface area contributed by atoms with Crippen molar-refractivity contribution in [1.82, 2.24) is 34.9 Å². The smallest absolute Gasteiger partial charge is 0.282 e. The summed E-state index contributed by atoms with van der Waals surface area (Å²) in [6.45, 7) is 12.3. The number of benzene rings is 1. The Morgan fingerprint density at radius 2 is 1.77 bits per heavy atom. The van der Waals surface area contributed by atoms with Gasteiger partial charge in [-0.3, -0.25) is 4.90 Å². The highest BCUT2D eigenvalue weighted by Crippen LogP contribution is 2.49. The van der Waals surface area contributed by atoms with Gasteiger partial charge >= 0.3 is 0 Å². The average Bonchev–Trinajstić information content (AvgIpc) is 3.80. The number of piperidine rings is 1. The maximum Gasteiger partial charge on any atom is 0.282 e. The Morgan fingerprint density at radius 3 is 2.50 bits per heavy atom. The first kappa shape index (κ1) is 30.8. The molecule has 2 aliphatic carbocycles. The maximum absolute atomic E-state index is 14.6. The zero-order chi connectivity index (χ0) is 32.5. The number of ether oxygens (including phenoxy) is 2. The molecule has 6 fully saturated rings. The van der Waals surface area contributed by atoms with Crippen LogP contribution in [-0.2, 0) is 4.74 Å². The van der Waals surface area contributed by atoms with Gasteiger partial charge in [0.2, 0.25) is 0 Å². The fourth-order valence-electron chi connectivity index (χ4n) is 9.63. The lowest BCUT2D eigenvalue weighted by Crippen LogP contribution is -2.66. The molecule has 3 aromatic rings. The molecule has 4 aliphatic heterocycles. The molecule has 254 valence electrons. The molecule has 10 nitrogen and oxygen atoms in total. The summed E-state index contributed by atoms with van der Waals surface area (Å²) in [6, 6.07) is 5.97. The van der Waals surface area contributed by atoms with E-state index in [0.29, 0.717) is 40.9 Å². The van der Waals surface area contributed by atoms with Gasteiger partial charge in [0.05, 0.1) is 17.9 Å². The van der Waals surface area contributed by atoms with Gasteiger partial charge < -0.3 is 19.3 Å². The molecule has 2 spiro atoms. The van der Waals surface area contributed by atoms with Crippen molar-refractivity contribution < 1.29 is 13.9 Å². The standard InChI is InChI=1S/C37H47FN8O2/c1-24(2)33(26-15-28(16-26)44-12-8-37(9-13-44)10-14-47-37)46-20-36(21-46)7-11-45(19-36)34-35(43-42-23-41-34)48-31-6-5-27(38)17-29(31)30-18-39-22-40-32(30)25-3-4-25/h5-6,17-18,22-26,28,33H,3-4,7-16,19-21H2,1-2H3. The fourth-order valence-corrected chi connectivity index (χ4v) is 9.63. The third-order valence-corrected chi connectivity index (χ3v) is 12.5. The summed E-state index contributed by atoms with van der Waals surface area (Å²) in [6.07, 6.45) is 14.5. The fraction of sp³-hybridized carbons (Fsp3) is 0.649. The largest absolute Gasteiger partial charge is 0.434 e. The molecule has 6 heterocycles. The molecule has 0 N–H and O–H groups in total. The van der Waals surface area contributed by atoms with E-state index in [1.807, 2.05) is 0 Å². The average molecular weight is 655 g/mol. The molecule has 9 rings (SSSR count). The number of aromatic nitrogens is 5. The Balaban J connectivity index is 0.856. The van der Waals surface area contributed by atoms with Crippen LogP contribution in [0.5, 0.6) is 11.6 Å². The summed E-state index contributed by atoms with van der Waals surface area (Å²) in [4.78, 5) is 21.3. The zero-order valence-electron chi connectivity index (χ0n) is 28.2. The lowest BCUT2D eigenvalue weighted by atomic mass is 9.67. The molecule has 1 unspecified atom stereocenters. The summed E-state index contributed by atoms with van der Waals surface area (Å²) in [5, 5.41) is 8.46. The predicted molar refractivity (Wildman–Crippen MR) is 179 cm³/mol. The predicted octanol–water partition coefficient (Wildman–Crippen LogP) is 5.71. The van der Waals surface area contributed by atoms with E-state index in [2.05, 4.69) is 53.7 Å². The van der Waals surface area contributed by atoms with E-state index >= 15 is 0 Å². The number of nitrogens with zero attached hydrogens (tertiary/aromatic N) is 8. The van der Waals surface area contributed by atoms with Crippen LogP contribution in [0.3, 0.4) is 0 Å². The molecule has 2 aromatic heterocycles. The Morgan fingerprint density at radius 1 is 0.958 bits per heavy atom. The number of halogens is 1. The quantitative estimate of drug-likeness (QED) is 0.286. The van der Waals surface area contributed by atoms with Gasteiger partial charge in [0.15, 0.2) is 5.82 Å². The number of hydrogen-bond acceptors (Lipinski definition) is 10. The topological polar surface area (TPSA) is 92.6 Å². The van der Waals surface area contributed by atoms with Gasteiger partial charge in [-0.25, -0.2) is 19.3 Å². The van der Waals surface area contributed by atoms with Crippen molar-refractivity contribution in [1.29, 1.82) is 0 Å². The minimum atomic E-state index is -0.336. The molecular formula is C37H47FN8O2. The van der Waals surface area contributed by atoms with E-state index in [1.165, 1.54) is 63.7 Å². The third-order valence-electron chi connectivity index (χ3n) is 12.5. The van der Waals surface area contributed by atoms with Gasteiger partial charge in [-0.2, -0.15) is 0 Å². The minimum Gasteiger partial charge on any atom is -0.434 e. The maximum atomic E-state index is 14.6. The zero-order valence-corrected chi connectivity index (χ0v) is 28.2. The van der Waals surface area contributed by atoms with Gasteiger partial charge in [-0.1, -0.05) is 13.8 Å². The van der Waals surface area contributed by atoms with Gasteiger partial charge in [0, 0.05) is 80.0 Å². The first-order chi connectivity index (χ1) is 23.4. The first-order valence-corrected chi connectivity index (χ1v) is 18.2. The summed E-state index contributed by atoms with van der Waals surface area (Å²) >= 11 is 0. The van der Waals surface area contributed by atoms with Crippen LogP contribution in [0.25, 0.3) is 11.1 Å². The Hall–Kier alpha value is -3.28. The molecule has 11 heteroatoms. The lowest BCUT2D eigenvalue weighted by molar-refractivity contribution is -0.179. The first-order valence-electron chi connectivity index (χ1n) is 18.2. The number of anilines is 1. The van der Waals surface area contributed by atoms with Crippen LogP contribution in [0.2, 0.25) is 0 Å².